The first-order chi connectivity index (χ1) is 13.0. The molecule has 3 rings (SSSR count). The summed E-state index contributed by atoms with van der Waals surface area (Å²) in [6.07, 6.45) is 1.61. The van der Waals surface area contributed by atoms with E-state index in [4.69, 9.17) is 0 Å². The summed E-state index contributed by atoms with van der Waals surface area (Å²) in [5, 5.41) is 0.836. The van der Waals surface area contributed by atoms with Crippen molar-refractivity contribution in [1.82, 2.24) is 9.88 Å². The highest BCUT2D eigenvalue weighted by Gasteiger charge is 2.19. The number of carbonyl (C=O) groups excluding carboxylic acids is 1. The molecule has 0 radical (unpaired) electrons. The molecule has 0 aliphatic heterocycles. The Morgan fingerprint density at radius 1 is 1.04 bits per heavy atom. The van der Waals surface area contributed by atoms with Gasteiger partial charge in [0.2, 0.25) is 0 Å². The first-order valence-electron chi connectivity index (χ1n) is 8.72. The van der Waals surface area contributed by atoms with Crippen molar-refractivity contribution in [3.63, 3.8) is 0 Å². The third-order valence-corrected chi connectivity index (χ3v) is 5.68. The summed E-state index contributed by atoms with van der Waals surface area (Å²) >= 11 is 0. The second-order valence-corrected chi connectivity index (χ2v) is 7.67. The SMILES string of the molecule is CCN(CC)C(=O)c1cccc(S(=O)(=O)Nc2cccc3cccnc23)c1. The van der Waals surface area contributed by atoms with E-state index < -0.39 is 10.0 Å². The summed E-state index contributed by atoms with van der Waals surface area (Å²) in [7, 11) is -3.86. The van der Waals surface area contributed by atoms with E-state index in [1.165, 1.54) is 12.1 Å². The number of aromatic nitrogens is 1. The van der Waals surface area contributed by atoms with Crippen LogP contribution in [0, 0.1) is 0 Å². The highest BCUT2D eigenvalue weighted by Crippen LogP contribution is 2.24. The maximum atomic E-state index is 12.9. The lowest BCUT2D eigenvalue weighted by Crippen LogP contribution is -2.30. The van der Waals surface area contributed by atoms with Crippen molar-refractivity contribution in [2.24, 2.45) is 0 Å². The van der Waals surface area contributed by atoms with Gasteiger partial charge in [0.1, 0.15) is 0 Å². The Hall–Kier alpha value is -2.93. The van der Waals surface area contributed by atoms with Crippen molar-refractivity contribution in [2.45, 2.75) is 18.7 Å². The first kappa shape index (κ1) is 18.8. The van der Waals surface area contributed by atoms with Crippen LogP contribution in [0.15, 0.2) is 65.7 Å². The molecule has 27 heavy (non-hydrogen) atoms. The minimum Gasteiger partial charge on any atom is -0.339 e. The van der Waals surface area contributed by atoms with E-state index in [0.29, 0.717) is 29.9 Å². The molecule has 0 fully saturated rings. The maximum absolute atomic E-state index is 12.9. The van der Waals surface area contributed by atoms with Crippen LogP contribution in [-0.2, 0) is 10.0 Å². The van der Waals surface area contributed by atoms with Crippen LogP contribution in [0.2, 0.25) is 0 Å². The predicted molar refractivity (Wildman–Crippen MR) is 106 cm³/mol. The fraction of sp³-hybridized carbons (Fsp3) is 0.200. The average molecular weight is 383 g/mol. The van der Waals surface area contributed by atoms with Gasteiger partial charge >= 0.3 is 0 Å². The van der Waals surface area contributed by atoms with Crippen LogP contribution in [0.3, 0.4) is 0 Å². The summed E-state index contributed by atoms with van der Waals surface area (Å²) in [5.41, 5.74) is 1.31. The molecule has 3 aromatic rings. The lowest BCUT2D eigenvalue weighted by atomic mass is 10.2. The van der Waals surface area contributed by atoms with Gasteiger partial charge in [-0.05, 0) is 44.2 Å². The second-order valence-electron chi connectivity index (χ2n) is 5.99. The molecule has 0 bridgehead atoms. The lowest BCUT2D eigenvalue weighted by Gasteiger charge is -2.19. The summed E-state index contributed by atoms with van der Waals surface area (Å²) in [6, 6.07) is 15.0. The van der Waals surface area contributed by atoms with Crippen LogP contribution in [0.25, 0.3) is 10.9 Å². The molecule has 6 nitrogen and oxygen atoms in total. The van der Waals surface area contributed by atoms with E-state index in [9.17, 15) is 13.2 Å². The van der Waals surface area contributed by atoms with Crippen LogP contribution in [0.5, 0.6) is 0 Å². The van der Waals surface area contributed by atoms with Gasteiger partial charge in [-0.2, -0.15) is 0 Å². The first-order valence-corrected chi connectivity index (χ1v) is 10.2. The number of nitrogens with one attached hydrogen (secondary N) is 1. The van der Waals surface area contributed by atoms with Gasteiger partial charge in [-0.15, -0.1) is 0 Å². The standard InChI is InChI=1S/C20H21N3O3S/c1-3-23(4-2)20(24)16-9-5-11-17(14-16)27(25,26)22-18-12-6-8-15-10-7-13-21-19(15)18/h5-14,22H,3-4H2,1-2H3. The molecule has 1 N–H and O–H groups in total. The number of carbonyl (C=O) groups is 1. The molecule has 0 aliphatic rings. The van der Waals surface area contributed by atoms with E-state index in [1.807, 2.05) is 26.0 Å². The van der Waals surface area contributed by atoms with Gasteiger partial charge in [0.25, 0.3) is 15.9 Å². The smallest absolute Gasteiger partial charge is 0.261 e. The van der Waals surface area contributed by atoms with Gasteiger partial charge in [-0.3, -0.25) is 14.5 Å². The molecule has 0 aliphatic carbocycles. The molecule has 0 saturated heterocycles. The molecule has 0 atom stereocenters. The van der Waals surface area contributed by atoms with Gasteiger partial charge in [0, 0.05) is 30.2 Å². The number of amides is 1. The summed E-state index contributed by atoms with van der Waals surface area (Å²) in [6.45, 7) is 4.90. The van der Waals surface area contributed by atoms with Gasteiger partial charge in [0.15, 0.2) is 0 Å². The number of anilines is 1. The fourth-order valence-electron chi connectivity index (χ4n) is 2.88. The Labute approximate surface area is 158 Å². The Balaban J connectivity index is 1.96. The third-order valence-electron chi connectivity index (χ3n) is 4.32. The number of nitrogens with zero attached hydrogens (tertiary/aromatic N) is 2. The van der Waals surface area contributed by atoms with Gasteiger partial charge in [-0.25, -0.2) is 8.42 Å². The third kappa shape index (κ3) is 3.93. The molecule has 1 heterocycles. The van der Waals surface area contributed by atoms with Crippen molar-refractivity contribution >= 4 is 32.5 Å². The van der Waals surface area contributed by atoms with E-state index in [2.05, 4.69) is 9.71 Å². The average Bonchev–Trinajstić information content (AvgIpc) is 2.69. The number of pyridine rings is 1. The van der Waals surface area contributed by atoms with Crippen molar-refractivity contribution in [2.75, 3.05) is 17.8 Å². The largest absolute Gasteiger partial charge is 0.339 e. The van der Waals surface area contributed by atoms with Gasteiger partial charge < -0.3 is 4.90 Å². The van der Waals surface area contributed by atoms with Gasteiger partial charge in [-0.1, -0.05) is 24.3 Å². The second kappa shape index (κ2) is 7.75. The Kier molecular flexibility index (Phi) is 5.41. The molecule has 0 unspecified atom stereocenters. The molecule has 1 amide bonds. The number of para-hydroxylation sites is 1. The van der Waals surface area contributed by atoms with Crippen molar-refractivity contribution in [1.29, 1.82) is 0 Å². The molecule has 2 aromatic carbocycles. The van der Waals surface area contributed by atoms with Crippen LogP contribution in [-0.4, -0.2) is 37.3 Å². The number of benzene rings is 2. The molecule has 1 aromatic heterocycles. The monoisotopic (exact) mass is 383 g/mol. The predicted octanol–water partition coefficient (Wildman–Crippen LogP) is 3.52. The van der Waals surface area contributed by atoms with Crippen LogP contribution in [0.4, 0.5) is 5.69 Å². The Bertz CT molecular complexity index is 1070. The molecular formula is C20H21N3O3S. The molecule has 0 spiro atoms. The fourth-order valence-corrected chi connectivity index (χ4v) is 3.99. The lowest BCUT2D eigenvalue weighted by molar-refractivity contribution is 0.0772. The van der Waals surface area contributed by atoms with Crippen molar-refractivity contribution < 1.29 is 13.2 Å². The summed E-state index contributed by atoms with van der Waals surface area (Å²) in [5.74, 6) is -0.191. The number of hydrogen-bond acceptors (Lipinski definition) is 4. The van der Waals surface area contributed by atoms with E-state index in [1.54, 1.807) is 41.4 Å². The van der Waals surface area contributed by atoms with Crippen molar-refractivity contribution in [3.05, 3.63) is 66.4 Å². The van der Waals surface area contributed by atoms with Crippen molar-refractivity contribution in [3.8, 4) is 0 Å². The molecule has 7 heteroatoms. The maximum Gasteiger partial charge on any atom is 0.261 e. The normalized spacial score (nSPS) is 11.3. The Morgan fingerprint density at radius 2 is 1.74 bits per heavy atom. The molecular weight excluding hydrogens is 362 g/mol. The number of sulfonamides is 1. The highest BCUT2D eigenvalue weighted by molar-refractivity contribution is 7.92. The number of hydrogen-bond donors (Lipinski definition) is 1. The van der Waals surface area contributed by atoms with Crippen LogP contribution >= 0.6 is 0 Å². The summed E-state index contributed by atoms with van der Waals surface area (Å²) < 4.78 is 28.3. The molecule has 0 saturated carbocycles. The molecule has 140 valence electrons. The van der Waals surface area contributed by atoms with E-state index >= 15 is 0 Å². The number of fused-ring (bicyclic) bond motifs is 1. The van der Waals surface area contributed by atoms with Crippen LogP contribution < -0.4 is 4.72 Å². The quantitative estimate of drug-likeness (QED) is 0.706. The van der Waals surface area contributed by atoms with Gasteiger partial charge in [0.05, 0.1) is 16.1 Å². The zero-order valence-electron chi connectivity index (χ0n) is 15.2. The zero-order chi connectivity index (χ0) is 19.4. The minimum absolute atomic E-state index is 0.0356. The van der Waals surface area contributed by atoms with Crippen LogP contribution in [0.1, 0.15) is 24.2 Å². The highest BCUT2D eigenvalue weighted by atomic mass is 32.2. The van der Waals surface area contributed by atoms with E-state index in [-0.39, 0.29) is 10.8 Å². The van der Waals surface area contributed by atoms with E-state index in [0.717, 1.165) is 5.39 Å². The Morgan fingerprint density at radius 3 is 2.48 bits per heavy atom. The zero-order valence-corrected chi connectivity index (χ0v) is 16.0. The summed E-state index contributed by atoms with van der Waals surface area (Å²) in [4.78, 5) is 18.5. The topological polar surface area (TPSA) is 79.4 Å². The number of rotatable bonds is 6. The minimum atomic E-state index is -3.86.